The molecule has 1 rings (SSSR count). The lowest BCUT2D eigenvalue weighted by atomic mass is 10.0. The highest BCUT2D eigenvalue weighted by atomic mass is 127. The molecule has 1 atom stereocenters. The van der Waals surface area contributed by atoms with Gasteiger partial charge in [-0.25, -0.2) is 4.39 Å². The average molecular weight is 282 g/mol. The molecule has 0 fully saturated rings. The Labute approximate surface area is 84.1 Å². The van der Waals surface area contributed by atoms with E-state index in [-0.39, 0.29) is 11.7 Å². The van der Waals surface area contributed by atoms with Gasteiger partial charge in [-0.05, 0) is 34.2 Å². The Morgan fingerprint density at radius 2 is 2.17 bits per heavy atom. The summed E-state index contributed by atoms with van der Waals surface area (Å²) in [7, 11) is 0. The summed E-state index contributed by atoms with van der Waals surface area (Å²) in [4.78, 5) is 0. The van der Waals surface area contributed by atoms with Crippen LogP contribution in [0.1, 0.15) is 18.4 Å². The number of hydrogen-bond donors (Lipinski definition) is 0. The number of rotatable bonds is 2. The van der Waals surface area contributed by atoms with E-state index in [0.717, 1.165) is 0 Å². The minimum atomic E-state index is -0.517. The van der Waals surface area contributed by atoms with Crippen molar-refractivity contribution in [3.05, 3.63) is 33.1 Å². The van der Waals surface area contributed by atoms with Crippen molar-refractivity contribution in [2.75, 3.05) is 6.67 Å². The molecule has 0 amide bonds. The van der Waals surface area contributed by atoms with E-state index in [4.69, 9.17) is 0 Å². The molecule has 0 aliphatic carbocycles. The van der Waals surface area contributed by atoms with Crippen molar-refractivity contribution in [2.45, 2.75) is 12.8 Å². The van der Waals surface area contributed by atoms with E-state index in [1.807, 2.05) is 22.6 Å². The fourth-order valence-corrected chi connectivity index (χ4v) is 1.50. The maximum atomic E-state index is 13.3. The number of alkyl halides is 1. The molecule has 0 aromatic heterocycles. The summed E-state index contributed by atoms with van der Waals surface area (Å²) in [6, 6.07) is 5.04. The van der Waals surface area contributed by atoms with Gasteiger partial charge in [0.15, 0.2) is 0 Å². The molecule has 0 bridgehead atoms. The van der Waals surface area contributed by atoms with Crippen LogP contribution in [0.15, 0.2) is 18.2 Å². The van der Waals surface area contributed by atoms with Crippen LogP contribution in [0.5, 0.6) is 0 Å². The largest absolute Gasteiger partial charge is 0.250 e. The third-order valence-corrected chi connectivity index (χ3v) is 2.58. The molecule has 0 saturated heterocycles. The highest BCUT2D eigenvalue weighted by Gasteiger charge is 2.11. The molecule has 1 aromatic rings. The van der Waals surface area contributed by atoms with Gasteiger partial charge in [-0.1, -0.05) is 19.1 Å². The lowest BCUT2D eigenvalue weighted by molar-refractivity contribution is 0.436. The van der Waals surface area contributed by atoms with Gasteiger partial charge in [0.1, 0.15) is 5.82 Å². The fraction of sp³-hybridized carbons (Fsp3) is 0.333. The van der Waals surface area contributed by atoms with E-state index < -0.39 is 6.67 Å². The number of benzene rings is 1. The molecule has 1 aromatic carbocycles. The topological polar surface area (TPSA) is 0 Å². The maximum Gasteiger partial charge on any atom is 0.140 e. The first-order valence-electron chi connectivity index (χ1n) is 3.66. The van der Waals surface area contributed by atoms with E-state index in [1.165, 1.54) is 0 Å². The molecule has 1 unspecified atom stereocenters. The van der Waals surface area contributed by atoms with Crippen LogP contribution < -0.4 is 0 Å². The summed E-state index contributed by atoms with van der Waals surface area (Å²) in [5.74, 6) is -0.636. The van der Waals surface area contributed by atoms with Crippen molar-refractivity contribution in [2.24, 2.45) is 0 Å². The summed E-state index contributed by atoms with van der Waals surface area (Å²) in [5.41, 5.74) is 0.462. The van der Waals surface area contributed by atoms with Crippen LogP contribution in [0.4, 0.5) is 8.78 Å². The second-order valence-electron chi connectivity index (χ2n) is 2.70. The van der Waals surface area contributed by atoms with Crippen molar-refractivity contribution in [1.29, 1.82) is 0 Å². The molecule has 0 N–H and O–H groups in total. The Hall–Kier alpha value is -0.190. The van der Waals surface area contributed by atoms with Gasteiger partial charge in [0.25, 0.3) is 0 Å². The van der Waals surface area contributed by atoms with Gasteiger partial charge in [0.2, 0.25) is 0 Å². The Kier molecular flexibility index (Phi) is 3.43. The molecule has 66 valence electrons. The SMILES string of the molecule is CC(CF)c1cccc(I)c1F. The van der Waals surface area contributed by atoms with E-state index >= 15 is 0 Å². The normalized spacial score (nSPS) is 13.0. The zero-order valence-corrected chi connectivity index (χ0v) is 8.81. The summed E-state index contributed by atoms with van der Waals surface area (Å²) in [6.07, 6.45) is 0. The minimum absolute atomic E-state index is 0.289. The van der Waals surface area contributed by atoms with Crippen LogP contribution >= 0.6 is 22.6 Å². The highest BCUT2D eigenvalue weighted by Crippen LogP contribution is 2.22. The second kappa shape index (κ2) is 4.16. The zero-order valence-electron chi connectivity index (χ0n) is 6.65. The number of hydrogen-bond acceptors (Lipinski definition) is 0. The Morgan fingerprint density at radius 3 is 2.75 bits per heavy atom. The fourth-order valence-electron chi connectivity index (χ4n) is 0.984. The van der Waals surface area contributed by atoms with E-state index in [1.54, 1.807) is 25.1 Å². The summed E-state index contributed by atoms with van der Waals surface area (Å²) < 4.78 is 26.0. The van der Waals surface area contributed by atoms with Gasteiger partial charge < -0.3 is 0 Å². The van der Waals surface area contributed by atoms with Gasteiger partial charge in [0.05, 0.1) is 6.67 Å². The standard InChI is InChI=1S/C9H9F2I/c1-6(5-10)7-3-2-4-8(12)9(7)11/h2-4,6H,5H2,1H3. The molecule has 0 heterocycles. The zero-order chi connectivity index (χ0) is 9.14. The van der Waals surface area contributed by atoms with Crippen LogP contribution in [0.25, 0.3) is 0 Å². The van der Waals surface area contributed by atoms with Gasteiger partial charge in [-0.2, -0.15) is 0 Å². The molecule has 0 radical (unpaired) electrons. The predicted octanol–water partition coefficient (Wildman–Crippen LogP) is 3.50. The molecule has 0 aliphatic heterocycles. The van der Waals surface area contributed by atoms with Gasteiger partial charge >= 0.3 is 0 Å². The van der Waals surface area contributed by atoms with Crippen molar-refractivity contribution < 1.29 is 8.78 Å². The van der Waals surface area contributed by atoms with E-state index in [2.05, 4.69) is 0 Å². The second-order valence-corrected chi connectivity index (χ2v) is 3.86. The third-order valence-electron chi connectivity index (χ3n) is 1.74. The molecule has 12 heavy (non-hydrogen) atoms. The molecule has 0 spiro atoms. The quantitative estimate of drug-likeness (QED) is 0.728. The number of halogens is 3. The average Bonchev–Trinajstić information content (AvgIpc) is 2.08. The van der Waals surface area contributed by atoms with Crippen LogP contribution in [-0.4, -0.2) is 6.67 Å². The van der Waals surface area contributed by atoms with Crippen LogP contribution in [0.3, 0.4) is 0 Å². The molecule has 0 saturated carbocycles. The van der Waals surface area contributed by atoms with Crippen LogP contribution in [0, 0.1) is 9.39 Å². The van der Waals surface area contributed by atoms with Crippen LogP contribution in [0.2, 0.25) is 0 Å². The smallest absolute Gasteiger partial charge is 0.140 e. The van der Waals surface area contributed by atoms with Crippen molar-refractivity contribution in [1.82, 2.24) is 0 Å². The Morgan fingerprint density at radius 1 is 1.50 bits per heavy atom. The van der Waals surface area contributed by atoms with Crippen molar-refractivity contribution >= 4 is 22.6 Å². The Bertz CT molecular complexity index is 273. The van der Waals surface area contributed by atoms with Gasteiger partial charge in [-0.15, -0.1) is 0 Å². The molecule has 3 heteroatoms. The van der Waals surface area contributed by atoms with Crippen LogP contribution in [-0.2, 0) is 0 Å². The molecular weight excluding hydrogens is 273 g/mol. The molecular formula is C9H9F2I. The Balaban J connectivity index is 3.07. The monoisotopic (exact) mass is 282 g/mol. The van der Waals surface area contributed by atoms with Crippen molar-refractivity contribution in [3.63, 3.8) is 0 Å². The maximum absolute atomic E-state index is 13.3. The summed E-state index contributed by atoms with van der Waals surface area (Å²) >= 11 is 1.90. The molecule has 0 nitrogen and oxygen atoms in total. The van der Waals surface area contributed by atoms with Gasteiger partial charge in [-0.3, -0.25) is 4.39 Å². The first-order valence-corrected chi connectivity index (χ1v) is 4.74. The van der Waals surface area contributed by atoms with Crippen molar-refractivity contribution in [3.8, 4) is 0 Å². The summed E-state index contributed by atoms with van der Waals surface area (Å²) in [5, 5.41) is 0. The summed E-state index contributed by atoms with van der Waals surface area (Å²) in [6.45, 7) is 1.16. The lowest BCUT2D eigenvalue weighted by Gasteiger charge is -2.08. The predicted molar refractivity (Wildman–Crippen MR) is 53.5 cm³/mol. The highest BCUT2D eigenvalue weighted by molar-refractivity contribution is 14.1. The minimum Gasteiger partial charge on any atom is -0.250 e. The first kappa shape index (κ1) is 9.89. The first-order chi connectivity index (χ1) is 5.66. The van der Waals surface area contributed by atoms with E-state index in [0.29, 0.717) is 9.13 Å². The van der Waals surface area contributed by atoms with Gasteiger partial charge in [0, 0.05) is 9.49 Å². The van der Waals surface area contributed by atoms with E-state index in [9.17, 15) is 8.78 Å². The molecule has 0 aliphatic rings. The lowest BCUT2D eigenvalue weighted by Crippen LogP contribution is -2.00. The third kappa shape index (κ3) is 1.94.